The third-order valence-electron chi connectivity index (χ3n) is 9.23. The number of H-pyrrole nitrogens is 1. The maximum atomic E-state index is 13.2. The summed E-state index contributed by atoms with van der Waals surface area (Å²) < 4.78 is 10.8. The highest BCUT2D eigenvalue weighted by atomic mass is 16.7. The monoisotopic (exact) mass is 582 g/mol. The van der Waals surface area contributed by atoms with E-state index in [9.17, 15) is 19.2 Å². The Morgan fingerprint density at radius 2 is 1.90 bits per heavy atom. The molecule has 1 aromatic carbocycles. The number of hydroxylamine groups is 1. The van der Waals surface area contributed by atoms with E-state index in [1.165, 1.54) is 6.42 Å². The van der Waals surface area contributed by atoms with Gasteiger partial charge in [-0.05, 0) is 55.7 Å². The first kappa shape index (κ1) is 29.9. The fourth-order valence-electron chi connectivity index (χ4n) is 6.75. The van der Waals surface area contributed by atoms with E-state index in [4.69, 9.17) is 14.3 Å². The van der Waals surface area contributed by atoms with Crippen LogP contribution in [0.25, 0.3) is 10.9 Å². The Morgan fingerprint density at radius 3 is 2.64 bits per heavy atom. The first-order valence-corrected chi connectivity index (χ1v) is 15.1. The van der Waals surface area contributed by atoms with E-state index >= 15 is 0 Å². The number of hydrogen-bond donors (Lipinski definition) is 4. The van der Waals surface area contributed by atoms with Crippen LogP contribution in [0.15, 0.2) is 24.3 Å². The van der Waals surface area contributed by atoms with Gasteiger partial charge in [0.05, 0.1) is 13.5 Å². The third-order valence-corrected chi connectivity index (χ3v) is 9.23. The molecule has 2 aliphatic heterocycles. The van der Waals surface area contributed by atoms with Crippen LogP contribution in [0.4, 0.5) is 0 Å². The van der Waals surface area contributed by atoms with Crippen LogP contribution in [0.5, 0.6) is 5.75 Å². The number of aromatic nitrogens is 1. The highest BCUT2D eigenvalue weighted by molar-refractivity contribution is 6.01. The van der Waals surface area contributed by atoms with Crippen molar-refractivity contribution in [2.45, 2.75) is 82.7 Å². The third kappa shape index (κ3) is 6.88. The normalized spacial score (nSPS) is 21.9. The molecule has 1 saturated carbocycles. The maximum Gasteiger partial charge on any atom is 0.332 e. The van der Waals surface area contributed by atoms with Gasteiger partial charge in [-0.3, -0.25) is 14.4 Å². The van der Waals surface area contributed by atoms with E-state index in [2.05, 4.69) is 21.1 Å². The van der Waals surface area contributed by atoms with E-state index in [1.54, 1.807) is 13.2 Å². The van der Waals surface area contributed by atoms with Crippen molar-refractivity contribution in [1.29, 1.82) is 0 Å². The Morgan fingerprint density at radius 1 is 1.14 bits per heavy atom. The second-order valence-corrected chi connectivity index (χ2v) is 12.2. The Hall–Kier alpha value is -3.60. The minimum Gasteiger partial charge on any atom is -0.496 e. The van der Waals surface area contributed by atoms with Crippen LogP contribution in [0, 0.1) is 17.8 Å². The predicted molar refractivity (Wildman–Crippen MR) is 154 cm³/mol. The predicted octanol–water partition coefficient (Wildman–Crippen LogP) is 3.53. The number of amides is 3. The SMILES string of the molecule is COc1cccc2[nH]c(C(=O)N[C@@H](CC3CCCCC3)C(=O)NOC(=O)CC(C)C3CC4(CCOCC4)NC3=O)cc12. The second-order valence-electron chi connectivity index (χ2n) is 12.2. The number of ether oxygens (including phenoxy) is 2. The number of fused-ring (bicyclic) bond motifs is 1. The van der Waals surface area contributed by atoms with Gasteiger partial charge in [0.15, 0.2) is 0 Å². The lowest BCUT2D eigenvalue weighted by atomic mass is 9.81. The number of benzene rings is 1. The molecule has 0 bridgehead atoms. The van der Waals surface area contributed by atoms with Gasteiger partial charge in [-0.25, -0.2) is 4.79 Å². The van der Waals surface area contributed by atoms with Gasteiger partial charge in [-0.2, -0.15) is 5.48 Å². The number of nitrogens with one attached hydrogen (secondary N) is 4. The van der Waals surface area contributed by atoms with Crippen LogP contribution in [0.3, 0.4) is 0 Å². The van der Waals surface area contributed by atoms with Crippen molar-refractivity contribution in [3.63, 3.8) is 0 Å². The van der Waals surface area contributed by atoms with E-state index in [1.807, 2.05) is 25.1 Å². The molecule has 4 N–H and O–H groups in total. The van der Waals surface area contributed by atoms with Gasteiger partial charge < -0.3 is 29.9 Å². The molecule has 1 aliphatic carbocycles. The molecule has 3 atom stereocenters. The summed E-state index contributed by atoms with van der Waals surface area (Å²) in [7, 11) is 1.57. The smallest absolute Gasteiger partial charge is 0.332 e. The zero-order valence-corrected chi connectivity index (χ0v) is 24.5. The van der Waals surface area contributed by atoms with Crippen LogP contribution in [0.2, 0.25) is 0 Å². The lowest BCUT2D eigenvalue weighted by molar-refractivity contribution is -0.160. The Labute approximate surface area is 245 Å². The summed E-state index contributed by atoms with van der Waals surface area (Å²) in [5.74, 6) is -1.33. The number of carbonyl (C=O) groups excluding carboxylic acids is 4. The highest BCUT2D eigenvalue weighted by Gasteiger charge is 2.47. The van der Waals surface area contributed by atoms with E-state index < -0.39 is 23.8 Å². The summed E-state index contributed by atoms with van der Waals surface area (Å²) in [5, 5.41) is 6.75. The molecule has 228 valence electrons. The topological polar surface area (TPSA) is 148 Å². The fraction of sp³-hybridized carbons (Fsp3) is 0.613. The van der Waals surface area contributed by atoms with Gasteiger partial charge in [-0.1, -0.05) is 45.1 Å². The number of carbonyl (C=O) groups is 4. The van der Waals surface area contributed by atoms with Crippen molar-refractivity contribution < 1.29 is 33.5 Å². The summed E-state index contributed by atoms with van der Waals surface area (Å²) in [5.41, 5.74) is 3.08. The van der Waals surface area contributed by atoms with Crippen LogP contribution in [-0.2, 0) is 24.0 Å². The minimum atomic E-state index is -0.881. The first-order valence-electron chi connectivity index (χ1n) is 15.1. The molecule has 11 nitrogen and oxygen atoms in total. The number of rotatable bonds is 9. The van der Waals surface area contributed by atoms with Gasteiger partial charge in [0.2, 0.25) is 5.91 Å². The average molecular weight is 583 g/mol. The first-order chi connectivity index (χ1) is 20.3. The largest absolute Gasteiger partial charge is 0.496 e. The quantitative estimate of drug-likeness (QED) is 0.331. The molecule has 3 aliphatic rings. The van der Waals surface area contributed by atoms with Crippen molar-refractivity contribution >= 4 is 34.6 Å². The van der Waals surface area contributed by atoms with Crippen molar-refractivity contribution in [2.24, 2.45) is 17.8 Å². The van der Waals surface area contributed by atoms with Crippen molar-refractivity contribution in [2.75, 3.05) is 20.3 Å². The molecule has 42 heavy (non-hydrogen) atoms. The molecule has 3 fully saturated rings. The molecule has 2 saturated heterocycles. The molecular formula is C31H42N4O7. The van der Waals surface area contributed by atoms with Crippen LogP contribution in [-0.4, -0.2) is 60.6 Å². The van der Waals surface area contributed by atoms with Crippen LogP contribution in [0.1, 0.15) is 81.6 Å². The fourth-order valence-corrected chi connectivity index (χ4v) is 6.75. The van der Waals surface area contributed by atoms with Crippen LogP contribution < -0.4 is 20.9 Å². The van der Waals surface area contributed by atoms with Gasteiger partial charge in [0.25, 0.3) is 11.8 Å². The van der Waals surface area contributed by atoms with Gasteiger partial charge in [0.1, 0.15) is 17.5 Å². The van der Waals surface area contributed by atoms with E-state index in [-0.39, 0.29) is 35.6 Å². The summed E-state index contributed by atoms with van der Waals surface area (Å²) >= 11 is 0. The molecule has 3 amide bonds. The summed E-state index contributed by atoms with van der Waals surface area (Å²) in [6, 6.07) is 6.31. The standard InChI is InChI=1S/C31H42N4O7/c1-19(22-18-31(34-28(22)37)11-13-41-14-12-31)15-27(36)42-35-30(39)24(16-20-7-4-3-5-8-20)33-29(38)25-17-21-23(32-25)9-6-10-26(21)40-2/h6,9-10,17,19-20,22,24,32H,3-5,7-8,11-16,18H2,1-2H3,(H,33,38)(H,34,37)(H,35,39)/t19?,22?,24-/m0/s1. The summed E-state index contributed by atoms with van der Waals surface area (Å²) in [4.78, 5) is 60.2. The van der Waals surface area contributed by atoms with Crippen molar-refractivity contribution in [3.8, 4) is 5.75 Å². The molecule has 11 heteroatoms. The van der Waals surface area contributed by atoms with E-state index in [0.29, 0.717) is 37.5 Å². The second kappa shape index (κ2) is 13.1. The number of hydrogen-bond acceptors (Lipinski definition) is 7. The number of methoxy groups -OCH3 is 1. The molecule has 1 aromatic heterocycles. The highest BCUT2D eigenvalue weighted by Crippen LogP contribution is 2.38. The van der Waals surface area contributed by atoms with Gasteiger partial charge >= 0.3 is 5.97 Å². The summed E-state index contributed by atoms with van der Waals surface area (Å²) in [6.07, 6.45) is 7.94. The molecule has 2 unspecified atom stereocenters. The lowest BCUT2D eigenvalue weighted by Crippen LogP contribution is -2.48. The molecule has 3 heterocycles. The molecule has 1 spiro atoms. The molecular weight excluding hydrogens is 540 g/mol. The zero-order valence-electron chi connectivity index (χ0n) is 24.5. The Balaban J connectivity index is 1.19. The average Bonchev–Trinajstić information content (AvgIpc) is 3.57. The molecule has 5 rings (SSSR count). The van der Waals surface area contributed by atoms with Gasteiger partial charge in [-0.15, -0.1) is 0 Å². The van der Waals surface area contributed by atoms with Crippen LogP contribution >= 0.6 is 0 Å². The Kier molecular flexibility index (Phi) is 9.35. The Bertz CT molecular complexity index is 1300. The zero-order chi connectivity index (χ0) is 29.7. The van der Waals surface area contributed by atoms with Gasteiger partial charge in [0, 0.05) is 35.6 Å². The van der Waals surface area contributed by atoms with Crippen molar-refractivity contribution in [3.05, 3.63) is 30.0 Å². The lowest BCUT2D eigenvalue weighted by Gasteiger charge is -2.33. The molecule has 2 aromatic rings. The van der Waals surface area contributed by atoms with Crippen molar-refractivity contribution in [1.82, 2.24) is 21.1 Å². The number of aromatic amines is 1. The molecule has 0 radical (unpaired) electrons. The summed E-state index contributed by atoms with van der Waals surface area (Å²) in [6.45, 7) is 3.08. The minimum absolute atomic E-state index is 0.0124. The van der Waals surface area contributed by atoms with E-state index in [0.717, 1.165) is 49.4 Å². The maximum absolute atomic E-state index is 13.2.